The lowest BCUT2D eigenvalue weighted by Crippen LogP contribution is -2.25. The highest BCUT2D eigenvalue weighted by Crippen LogP contribution is 2.38. The van der Waals surface area contributed by atoms with Crippen molar-refractivity contribution in [2.75, 3.05) is 19.5 Å². The molecule has 0 fully saturated rings. The number of ether oxygens (including phenoxy) is 2. The minimum absolute atomic E-state index is 0.00650. The van der Waals surface area contributed by atoms with Crippen molar-refractivity contribution < 1.29 is 19.1 Å². The van der Waals surface area contributed by atoms with Crippen LogP contribution in [0.25, 0.3) is 0 Å². The van der Waals surface area contributed by atoms with E-state index in [-0.39, 0.29) is 24.3 Å². The second-order valence-corrected chi connectivity index (χ2v) is 9.71. The Morgan fingerprint density at radius 3 is 2.46 bits per heavy atom. The van der Waals surface area contributed by atoms with E-state index in [1.807, 2.05) is 71.7 Å². The topological polar surface area (TPSA) is 92.6 Å². The van der Waals surface area contributed by atoms with Crippen molar-refractivity contribution in [2.45, 2.75) is 24.1 Å². The molecule has 0 saturated heterocycles. The second kappa shape index (κ2) is 10.9. The van der Waals surface area contributed by atoms with E-state index >= 15 is 0 Å². The molecule has 1 N–H and O–H groups in total. The van der Waals surface area contributed by atoms with Crippen LogP contribution in [0.4, 0.5) is 5.69 Å². The Balaban J connectivity index is 1.34. The highest BCUT2D eigenvalue weighted by molar-refractivity contribution is 8.15. The molecule has 8 nitrogen and oxygen atoms in total. The lowest BCUT2D eigenvalue weighted by atomic mass is 9.98. The molecule has 0 saturated carbocycles. The van der Waals surface area contributed by atoms with E-state index in [9.17, 15) is 9.59 Å². The maximum atomic E-state index is 12.8. The number of benzene rings is 3. The van der Waals surface area contributed by atoms with Gasteiger partial charge in [-0.1, -0.05) is 54.2 Å². The van der Waals surface area contributed by atoms with Crippen LogP contribution in [0.2, 0.25) is 0 Å². The maximum absolute atomic E-state index is 12.8. The summed E-state index contributed by atoms with van der Waals surface area (Å²) in [5.41, 5.74) is 3.50. The van der Waals surface area contributed by atoms with E-state index in [0.717, 1.165) is 22.6 Å². The molecule has 0 bridgehead atoms. The minimum atomic E-state index is -0.624. The van der Waals surface area contributed by atoms with Gasteiger partial charge in [-0.05, 0) is 47.5 Å². The molecule has 2 amide bonds. The second-order valence-electron chi connectivity index (χ2n) is 8.54. The first-order valence-corrected chi connectivity index (χ1v) is 12.7. The number of hydrazone groups is 1. The molecular weight excluding hydrogens is 488 g/mol. The molecule has 2 aliphatic heterocycles. The number of hydrogen-bond donors (Lipinski definition) is 1. The number of nitrogens with one attached hydrogen (secondary N) is 1. The average Bonchev–Trinajstić information content (AvgIpc) is 3.53. The van der Waals surface area contributed by atoms with E-state index in [2.05, 4.69) is 10.3 Å². The first-order chi connectivity index (χ1) is 18.1. The fourth-order valence-corrected chi connectivity index (χ4v) is 5.36. The Hall–Kier alpha value is -4.11. The lowest BCUT2D eigenvalue weighted by Gasteiger charge is -2.23. The first kappa shape index (κ1) is 24.6. The predicted octanol–water partition coefficient (Wildman–Crippen LogP) is 4.88. The van der Waals surface area contributed by atoms with Crippen LogP contribution in [-0.2, 0) is 9.59 Å². The van der Waals surface area contributed by atoms with Crippen LogP contribution in [-0.4, -0.2) is 47.2 Å². The molecule has 5 rings (SSSR count). The molecular formula is C28H26N4O4S. The van der Waals surface area contributed by atoms with E-state index in [1.54, 1.807) is 26.4 Å². The monoisotopic (exact) mass is 514 g/mol. The molecule has 2 atom stereocenters. The van der Waals surface area contributed by atoms with Crippen LogP contribution in [0.3, 0.4) is 0 Å². The van der Waals surface area contributed by atoms with Crippen molar-refractivity contribution in [3.63, 3.8) is 0 Å². The van der Waals surface area contributed by atoms with Crippen LogP contribution in [0.15, 0.2) is 89.0 Å². The molecule has 0 unspecified atom stereocenters. The van der Waals surface area contributed by atoms with Crippen LogP contribution >= 0.6 is 11.8 Å². The van der Waals surface area contributed by atoms with Gasteiger partial charge in [0.05, 0.1) is 31.7 Å². The highest BCUT2D eigenvalue weighted by atomic mass is 32.2. The lowest BCUT2D eigenvalue weighted by molar-refractivity contribution is -0.121. The van der Waals surface area contributed by atoms with Crippen molar-refractivity contribution in [3.8, 4) is 11.5 Å². The Kier molecular flexibility index (Phi) is 7.23. The third-order valence-electron chi connectivity index (χ3n) is 6.19. The van der Waals surface area contributed by atoms with Gasteiger partial charge in [0.1, 0.15) is 16.7 Å². The average molecular weight is 515 g/mol. The molecule has 0 aromatic heterocycles. The highest BCUT2D eigenvalue weighted by Gasteiger charge is 2.39. The largest absolute Gasteiger partial charge is 0.497 e. The molecule has 0 radical (unpaired) electrons. The molecule has 3 aromatic rings. The summed E-state index contributed by atoms with van der Waals surface area (Å²) < 4.78 is 10.6. The quantitative estimate of drug-likeness (QED) is 0.483. The summed E-state index contributed by atoms with van der Waals surface area (Å²) in [4.78, 5) is 29.9. The van der Waals surface area contributed by atoms with Crippen molar-refractivity contribution >= 4 is 40.1 Å². The van der Waals surface area contributed by atoms with E-state index in [1.165, 1.54) is 11.8 Å². The molecule has 188 valence electrons. The van der Waals surface area contributed by atoms with Gasteiger partial charge in [0.25, 0.3) is 5.91 Å². The number of nitrogens with zero attached hydrogens (tertiary/aromatic N) is 3. The van der Waals surface area contributed by atoms with Gasteiger partial charge >= 0.3 is 0 Å². The van der Waals surface area contributed by atoms with Gasteiger partial charge in [0.15, 0.2) is 5.17 Å². The smallest absolute Gasteiger partial charge is 0.262 e. The predicted molar refractivity (Wildman–Crippen MR) is 145 cm³/mol. The molecule has 37 heavy (non-hydrogen) atoms. The number of rotatable bonds is 7. The summed E-state index contributed by atoms with van der Waals surface area (Å²) in [6.07, 6.45) is 0.649. The van der Waals surface area contributed by atoms with Crippen molar-refractivity contribution in [1.82, 2.24) is 5.01 Å². The number of hydrogen-bond acceptors (Lipinski definition) is 7. The molecule has 0 aliphatic carbocycles. The van der Waals surface area contributed by atoms with Gasteiger partial charge in [-0.3, -0.25) is 9.59 Å². The number of carbonyl (C=O) groups excluding carboxylic acids is 2. The summed E-state index contributed by atoms with van der Waals surface area (Å²) in [6.45, 7) is 0. The number of amides is 2. The number of amidine groups is 1. The maximum Gasteiger partial charge on any atom is 0.262 e. The van der Waals surface area contributed by atoms with Crippen LogP contribution in [0, 0.1) is 0 Å². The van der Waals surface area contributed by atoms with Crippen molar-refractivity contribution in [1.29, 1.82) is 0 Å². The minimum Gasteiger partial charge on any atom is -0.497 e. The molecule has 2 heterocycles. The normalized spacial score (nSPS) is 18.9. The van der Waals surface area contributed by atoms with Crippen molar-refractivity contribution in [3.05, 3.63) is 90.0 Å². The summed E-state index contributed by atoms with van der Waals surface area (Å²) in [5, 5.41) is 9.40. The van der Waals surface area contributed by atoms with Crippen LogP contribution in [0.1, 0.15) is 30.0 Å². The Morgan fingerprint density at radius 1 is 1.00 bits per heavy atom. The van der Waals surface area contributed by atoms with Gasteiger partial charge in [-0.25, -0.2) is 5.01 Å². The zero-order chi connectivity index (χ0) is 25.8. The van der Waals surface area contributed by atoms with Crippen LogP contribution in [0.5, 0.6) is 11.5 Å². The third-order valence-corrected chi connectivity index (χ3v) is 7.34. The zero-order valence-corrected chi connectivity index (χ0v) is 21.3. The molecule has 0 spiro atoms. The zero-order valence-electron chi connectivity index (χ0n) is 20.5. The van der Waals surface area contributed by atoms with Gasteiger partial charge < -0.3 is 14.8 Å². The van der Waals surface area contributed by atoms with Gasteiger partial charge in [0, 0.05) is 12.8 Å². The summed E-state index contributed by atoms with van der Waals surface area (Å²) in [6, 6.07) is 24.8. The number of methoxy groups -OCH3 is 2. The van der Waals surface area contributed by atoms with Gasteiger partial charge in [-0.2, -0.15) is 10.1 Å². The number of para-hydroxylation sites is 2. The summed E-state index contributed by atoms with van der Waals surface area (Å²) in [5.74, 6) is 0.709. The standard InChI is InChI=1S/C28H26N4O4S/c1-35-20-14-12-18(13-15-20)22-16-23(19-8-4-3-5-9-19)32(31-22)28-30-27(34)25(37-28)17-26(33)29-21-10-6-7-11-24(21)36-2/h3-15,23,25H,16-17H2,1-2H3,(H,29,33)/t23-,25+/m1/s1. The van der Waals surface area contributed by atoms with Crippen LogP contribution < -0.4 is 14.8 Å². The number of anilines is 1. The van der Waals surface area contributed by atoms with Crippen molar-refractivity contribution in [2.24, 2.45) is 10.1 Å². The van der Waals surface area contributed by atoms with E-state index in [0.29, 0.717) is 23.0 Å². The molecule has 9 heteroatoms. The summed E-state index contributed by atoms with van der Waals surface area (Å²) >= 11 is 1.27. The van der Waals surface area contributed by atoms with Gasteiger partial charge in [0.2, 0.25) is 5.91 Å². The van der Waals surface area contributed by atoms with Gasteiger partial charge in [-0.15, -0.1) is 0 Å². The number of carbonyl (C=O) groups is 2. The Bertz CT molecular complexity index is 1360. The third kappa shape index (κ3) is 5.36. The Morgan fingerprint density at radius 2 is 1.73 bits per heavy atom. The Labute approximate surface area is 219 Å². The van der Waals surface area contributed by atoms with E-state index < -0.39 is 5.25 Å². The fraction of sp³-hybridized carbons (Fsp3) is 0.214. The number of thioether (sulfide) groups is 1. The fourth-order valence-electron chi connectivity index (χ4n) is 4.30. The first-order valence-electron chi connectivity index (χ1n) is 11.8. The number of aliphatic imine (C=N–C) groups is 1. The van der Waals surface area contributed by atoms with E-state index in [4.69, 9.17) is 14.6 Å². The molecule has 3 aromatic carbocycles. The summed E-state index contributed by atoms with van der Waals surface area (Å²) in [7, 11) is 3.18. The molecule has 2 aliphatic rings. The SMILES string of the molecule is COc1ccc(C2=NN(C3=NC(=O)[C@H](CC(=O)Nc4ccccc4OC)S3)[C@@H](c3ccccc3)C2)cc1.